The number of hydrogen-bond donors (Lipinski definition) is 2. The molecule has 3 N–H and O–H groups in total. The number of primary amides is 1. The second-order valence-corrected chi connectivity index (χ2v) is 7.69. The zero-order chi connectivity index (χ0) is 16.4. The first-order valence-corrected chi connectivity index (χ1v) is 8.96. The summed E-state index contributed by atoms with van der Waals surface area (Å²) in [6, 6.07) is 6.61. The minimum Gasteiger partial charge on any atom is -0.369 e. The molecule has 2 heterocycles. The van der Waals surface area contributed by atoms with Gasteiger partial charge in [-0.1, -0.05) is 17.7 Å². The molecule has 1 saturated heterocycles. The van der Waals surface area contributed by atoms with E-state index in [1.165, 1.54) is 16.0 Å². The van der Waals surface area contributed by atoms with Crippen LogP contribution in [0.4, 0.5) is 0 Å². The van der Waals surface area contributed by atoms with Crippen LogP contribution in [-0.2, 0) is 16.0 Å². The minimum atomic E-state index is -0.289. The number of carbonyl (C=O) groups excluding carboxylic acids is 2. The van der Waals surface area contributed by atoms with Gasteiger partial charge in [-0.3, -0.25) is 14.5 Å². The van der Waals surface area contributed by atoms with E-state index >= 15 is 0 Å². The van der Waals surface area contributed by atoms with Crippen molar-refractivity contribution >= 4 is 23.6 Å². The lowest BCUT2D eigenvalue weighted by Gasteiger charge is -2.31. The first kappa shape index (κ1) is 16.3. The zero-order valence-corrected chi connectivity index (χ0v) is 14.2. The molecular weight excluding hydrogens is 310 g/mol. The van der Waals surface area contributed by atoms with Crippen LogP contribution in [-0.4, -0.2) is 47.6 Å². The Kier molecular flexibility index (Phi) is 4.92. The first-order valence-electron chi connectivity index (χ1n) is 8.08. The lowest BCUT2D eigenvalue weighted by Crippen LogP contribution is -2.48. The summed E-state index contributed by atoms with van der Waals surface area (Å²) in [5.74, 6) is -0.153. The van der Waals surface area contributed by atoms with E-state index in [0.29, 0.717) is 6.54 Å². The third-order valence-electron chi connectivity index (χ3n) is 4.50. The lowest BCUT2D eigenvalue weighted by atomic mass is 10.0. The highest BCUT2D eigenvalue weighted by Gasteiger charge is 2.30. The normalized spacial score (nSPS) is 21.9. The number of fused-ring (bicyclic) bond motifs is 1. The van der Waals surface area contributed by atoms with Crippen molar-refractivity contribution in [2.75, 3.05) is 19.6 Å². The molecule has 5 nitrogen and oxygen atoms in total. The fraction of sp³-hybridized carbons (Fsp3) is 0.529. The molecule has 0 bridgehead atoms. The maximum Gasteiger partial charge on any atom is 0.234 e. The molecule has 0 saturated carbocycles. The molecule has 2 amide bonds. The van der Waals surface area contributed by atoms with Crippen molar-refractivity contribution in [3.8, 4) is 0 Å². The first-order chi connectivity index (χ1) is 11.0. The molecule has 0 radical (unpaired) electrons. The fourth-order valence-electron chi connectivity index (χ4n) is 3.23. The maximum atomic E-state index is 12.5. The molecule has 0 aliphatic carbocycles. The van der Waals surface area contributed by atoms with E-state index in [1.54, 1.807) is 11.8 Å². The number of likely N-dealkylation sites (tertiary alicyclic amines) is 1. The molecule has 1 aromatic rings. The summed E-state index contributed by atoms with van der Waals surface area (Å²) in [5, 5.41) is 3.16. The van der Waals surface area contributed by atoms with E-state index in [-0.39, 0.29) is 23.1 Å². The summed E-state index contributed by atoms with van der Waals surface area (Å²) in [4.78, 5) is 26.7. The van der Waals surface area contributed by atoms with Gasteiger partial charge in [-0.25, -0.2) is 0 Å². The van der Waals surface area contributed by atoms with E-state index in [4.69, 9.17) is 5.73 Å². The van der Waals surface area contributed by atoms with Crippen molar-refractivity contribution in [3.05, 3.63) is 29.3 Å². The second kappa shape index (κ2) is 6.93. The number of rotatable bonds is 4. The zero-order valence-electron chi connectivity index (χ0n) is 13.4. The number of amides is 2. The van der Waals surface area contributed by atoms with Crippen LogP contribution in [0.1, 0.15) is 24.0 Å². The van der Waals surface area contributed by atoms with E-state index in [0.717, 1.165) is 32.4 Å². The van der Waals surface area contributed by atoms with Gasteiger partial charge >= 0.3 is 0 Å². The van der Waals surface area contributed by atoms with Gasteiger partial charge in [0.2, 0.25) is 11.8 Å². The van der Waals surface area contributed by atoms with Gasteiger partial charge < -0.3 is 11.1 Å². The van der Waals surface area contributed by atoms with E-state index < -0.39 is 0 Å². The van der Waals surface area contributed by atoms with Crippen LogP contribution in [0.15, 0.2) is 23.1 Å². The van der Waals surface area contributed by atoms with Crippen molar-refractivity contribution in [2.45, 2.75) is 42.4 Å². The van der Waals surface area contributed by atoms with Crippen LogP contribution in [0.5, 0.6) is 0 Å². The highest BCUT2D eigenvalue weighted by atomic mass is 32.2. The van der Waals surface area contributed by atoms with E-state index in [9.17, 15) is 9.59 Å². The van der Waals surface area contributed by atoms with Gasteiger partial charge in [0.05, 0.1) is 11.8 Å². The molecule has 6 heteroatoms. The molecule has 1 fully saturated rings. The number of nitrogens with zero attached hydrogens (tertiary/aromatic N) is 1. The third-order valence-corrected chi connectivity index (χ3v) is 5.80. The molecule has 0 spiro atoms. The molecule has 1 atom stereocenters. The van der Waals surface area contributed by atoms with E-state index in [1.807, 2.05) is 4.90 Å². The van der Waals surface area contributed by atoms with Gasteiger partial charge in [-0.2, -0.15) is 0 Å². The Morgan fingerprint density at radius 2 is 2.09 bits per heavy atom. The fourth-order valence-corrected chi connectivity index (χ4v) is 4.53. The van der Waals surface area contributed by atoms with Crippen molar-refractivity contribution in [1.82, 2.24) is 10.2 Å². The number of aryl methyl sites for hydroxylation is 1. The Hall–Kier alpha value is -1.53. The average Bonchev–Trinajstić information content (AvgIpc) is 2.92. The second-order valence-electron chi connectivity index (χ2n) is 6.45. The predicted octanol–water partition coefficient (Wildman–Crippen LogP) is 1.08. The molecule has 2 aliphatic heterocycles. The van der Waals surface area contributed by atoms with Gasteiger partial charge in [0, 0.05) is 24.0 Å². The van der Waals surface area contributed by atoms with Gasteiger partial charge in [0.15, 0.2) is 0 Å². The van der Waals surface area contributed by atoms with E-state index in [2.05, 4.69) is 30.4 Å². The smallest absolute Gasteiger partial charge is 0.234 e. The Morgan fingerprint density at radius 1 is 1.35 bits per heavy atom. The van der Waals surface area contributed by atoms with Gasteiger partial charge in [-0.05, 0) is 37.8 Å². The molecular formula is C17H23N3O2S. The van der Waals surface area contributed by atoms with Crippen molar-refractivity contribution in [2.24, 2.45) is 5.73 Å². The summed E-state index contributed by atoms with van der Waals surface area (Å²) < 4.78 is 0. The van der Waals surface area contributed by atoms with Crippen LogP contribution in [0.2, 0.25) is 0 Å². The molecule has 1 unspecified atom stereocenters. The Balaban J connectivity index is 1.49. The van der Waals surface area contributed by atoms with Gasteiger partial charge in [0.1, 0.15) is 0 Å². The van der Waals surface area contributed by atoms with Crippen molar-refractivity contribution in [3.63, 3.8) is 0 Å². The van der Waals surface area contributed by atoms with Crippen LogP contribution < -0.4 is 11.1 Å². The molecule has 23 heavy (non-hydrogen) atoms. The number of thioether (sulfide) groups is 1. The number of carbonyl (C=O) groups is 2. The van der Waals surface area contributed by atoms with Crippen LogP contribution >= 0.6 is 11.8 Å². The Bertz CT molecular complexity index is 612. The monoisotopic (exact) mass is 333 g/mol. The highest BCUT2D eigenvalue weighted by molar-refractivity contribution is 8.01. The minimum absolute atomic E-state index is 0.0181. The largest absolute Gasteiger partial charge is 0.369 e. The summed E-state index contributed by atoms with van der Waals surface area (Å²) in [6.07, 6.45) is 2.57. The van der Waals surface area contributed by atoms with Crippen molar-refractivity contribution < 1.29 is 9.59 Å². The van der Waals surface area contributed by atoms with Gasteiger partial charge in [-0.15, -0.1) is 11.8 Å². The Morgan fingerprint density at radius 3 is 2.78 bits per heavy atom. The number of piperidine rings is 1. The summed E-state index contributed by atoms with van der Waals surface area (Å²) >= 11 is 1.67. The molecule has 3 rings (SSSR count). The maximum absolute atomic E-state index is 12.5. The Labute approximate surface area is 141 Å². The standard InChI is InChI=1S/C17H23N3O2S/c1-11-2-3-12-9-15(23-14(12)8-11)17(22)19-13-4-6-20(7-5-13)10-16(18)21/h2-3,8,13,15H,4-7,9-10H2,1H3,(H2,18,21)(H,19,22). The summed E-state index contributed by atoms with van der Waals surface area (Å²) in [5.41, 5.74) is 7.73. The molecule has 2 aliphatic rings. The van der Waals surface area contributed by atoms with Crippen LogP contribution in [0.3, 0.4) is 0 Å². The van der Waals surface area contributed by atoms with Crippen LogP contribution in [0, 0.1) is 6.92 Å². The number of hydrogen-bond acceptors (Lipinski definition) is 4. The highest BCUT2D eigenvalue weighted by Crippen LogP contribution is 2.37. The SMILES string of the molecule is Cc1ccc2c(c1)SC(C(=O)NC1CCN(CC(N)=O)CC1)C2. The average molecular weight is 333 g/mol. The quantitative estimate of drug-likeness (QED) is 0.864. The summed E-state index contributed by atoms with van der Waals surface area (Å²) in [6.45, 7) is 4.01. The topological polar surface area (TPSA) is 75.4 Å². The van der Waals surface area contributed by atoms with Gasteiger partial charge in [0.25, 0.3) is 0 Å². The predicted molar refractivity (Wildman–Crippen MR) is 91.3 cm³/mol. The number of benzene rings is 1. The molecule has 1 aromatic carbocycles. The van der Waals surface area contributed by atoms with Crippen molar-refractivity contribution in [1.29, 1.82) is 0 Å². The molecule has 0 aromatic heterocycles. The third kappa shape index (κ3) is 4.06. The lowest BCUT2D eigenvalue weighted by molar-refractivity contribution is -0.122. The van der Waals surface area contributed by atoms with Crippen LogP contribution in [0.25, 0.3) is 0 Å². The number of nitrogens with two attached hydrogens (primary N) is 1. The number of nitrogens with one attached hydrogen (secondary N) is 1. The summed E-state index contributed by atoms with van der Waals surface area (Å²) in [7, 11) is 0. The molecule has 124 valence electrons.